The predicted octanol–water partition coefficient (Wildman–Crippen LogP) is 4.67. The van der Waals surface area contributed by atoms with E-state index in [4.69, 9.17) is 15.6 Å². The molecule has 14 heteroatoms. The zero-order chi connectivity index (χ0) is 28.1. The molecule has 2 fully saturated rings. The van der Waals surface area contributed by atoms with Crippen LogP contribution in [0.25, 0.3) is 0 Å². The summed E-state index contributed by atoms with van der Waals surface area (Å²) in [6.45, 7) is 4.92. The average molecular weight is 550 g/mol. The third-order valence-corrected chi connectivity index (χ3v) is 6.01. The second-order valence-electron chi connectivity index (χ2n) is 8.90. The number of anilines is 4. The molecule has 0 radical (unpaired) electrons. The Labute approximate surface area is 215 Å². The number of nitrogen functional groups attached to an aromatic ring is 1. The molecule has 8 nitrogen and oxygen atoms in total. The lowest BCUT2D eigenvalue weighted by Gasteiger charge is -2.34. The average Bonchev–Trinajstić information content (AvgIpc) is 2.83. The van der Waals surface area contributed by atoms with Gasteiger partial charge in [-0.15, -0.1) is 0 Å². The predicted molar refractivity (Wildman–Crippen MR) is 132 cm³/mol. The first-order valence-electron chi connectivity index (χ1n) is 11.7. The van der Waals surface area contributed by atoms with Gasteiger partial charge in [0.1, 0.15) is 0 Å². The van der Waals surface area contributed by atoms with E-state index in [2.05, 4.69) is 4.90 Å². The van der Waals surface area contributed by atoms with E-state index >= 15 is 0 Å². The van der Waals surface area contributed by atoms with Crippen molar-refractivity contribution in [1.82, 2.24) is 4.90 Å². The summed E-state index contributed by atoms with van der Waals surface area (Å²) in [6, 6.07) is 6.91. The second-order valence-corrected chi connectivity index (χ2v) is 8.90. The number of benzene rings is 2. The van der Waals surface area contributed by atoms with E-state index in [1.54, 1.807) is 11.0 Å². The van der Waals surface area contributed by atoms with Crippen molar-refractivity contribution in [3.8, 4) is 0 Å². The summed E-state index contributed by atoms with van der Waals surface area (Å²) in [5.74, 6) is 0. The molecular weight excluding hydrogens is 520 g/mol. The Hall–Kier alpha value is -3.39. The third kappa shape index (κ3) is 8.31. The molecule has 2 heterocycles. The quantitative estimate of drug-likeness (QED) is 0.379. The molecule has 38 heavy (non-hydrogen) atoms. The molecule has 4 N–H and O–H groups in total. The zero-order valence-corrected chi connectivity index (χ0v) is 20.6. The number of likely N-dealkylation sites (N-methyl/N-ethyl adjacent to an activating group) is 1. The van der Waals surface area contributed by atoms with Crippen LogP contribution in [0.15, 0.2) is 36.4 Å². The minimum absolute atomic E-state index is 0.103. The van der Waals surface area contributed by atoms with Crippen LogP contribution in [0.4, 0.5) is 53.9 Å². The summed E-state index contributed by atoms with van der Waals surface area (Å²) in [4.78, 5) is 16.4. The molecule has 2 aliphatic rings. The maximum absolute atomic E-state index is 12.8. The molecule has 2 aromatic carbocycles. The Morgan fingerprint density at radius 1 is 0.816 bits per heavy atom. The van der Waals surface area contributed by atoms with Crippen molar-refractivity contribution >= 4 is 28.8 Å². The van der Waals surface area contributed by atoms with Gasteiger partial charge in [0, 0.05) is 62.0 Å². The number of alkyl halides is 6. The van der Waals surface area contributed by atoms with Crippen LogP contribution >= 0.6 is 0 Å². The maximum atomic E-state index is 12.8. The summed E-state index contributed by atoms with van der Waals surface area (Å²) in [5, 5.41) is 10.6. The van der Waals surface area contributed by atoms with Crippen LogP contribution in [0.2, 0.25) is 0 Å². The summed E-state index contributed by atoms with van der Waals surface area (Å²) in [5.41, 5.74) is 4.91. The number of nitrogens with one attached hydrogen (secondary N) is 1. The normalized spacial score (nSPS) is 17.0. The number of amides is 1. The van der Waals surface area contributed by atoms with Crippen molar-refractivity contribution in [1.29, 1.82) is 0 Å². The first kappa shape index (κ1) is 29.2. The Morgan fingerprint density at radius 2 is 1.32 bits per heavy atom. The van der Waals surface area contributed by atoms with Crippen LogP contribution in [0.3, 0.4) is 0 Å². The fourth-order valence-electron chi connectivity index (χ4n) is 4.02. The summed E-state index contributed by atoms with van der Waals surface area (Å²) in [6.07, 6.45) is -10.3. The number of rotatable bonds is 3. The molecule has 2 saturated heterocycles. The third-order valence-electron chi connectivity index (χ3n) is 6.01. The molecule has 0 aliphatic carbocycles. The molecule has 2 aromatic rings. The number of hydrogen-bond acceptors (Lipinski definition) is 6. The van der Waals surface area contributed by atoms with Crippen LogP contribution < -0.4 is 20.9 Å². The van der Waals surface area contributed by atoms with E-state index in [1.165, 1.54) is 12.1 Å². The van der Waals surface area contributed by atoms with E-state index in [1.807, 2.05) is 17.3 Å². The van der Waals surface area contributed by atoms with E-state index in [0.29, 0.717) is 37.7 Å². The summed E-state index contributed by atoms with van der Waals surface area (Å²) < 4.78 is 81.7. The van der Waals surface area contributed by atoms with Crippen LogP contribution in [0.1, 0.15) is 11.1 Å². The van der Waals surface area contributed by atoms with Crippen LogP contribution in [-0.4, -0.2) is 75.6 Å². The lowest BCUT2D eigenvalue weighted by molar-refractivity contribution is -0.138. The molecule has 4 rings (SSSR count). The first-order chi connectivity index (χ1) is 17.7. The molecular formula is C24H29F6N5O3. The SMILES string of the molecule is CN1CCN(c2cc(N)cc(C(F)(F)F)c2)CC1.O=C(O)Nc1cc(N2CCOCC2)cc(C(F)(F)F)c1. The number of halogens is 6. The molecule has 0 spiro atoms. The standard InChI is InChI=1S/C12H16F3N3.C12H13F3N2O3/c1-17-2-4-18(5-3-17)11-7-9(12(13,14)15)6-10(16)8-11;13-12(14,15)8-5-9(16-11(18)19)7-10(6-8)17-1-3-20-4-2-17/h6-8H,2-5,16H2,1H3;5-7,16H,1-4H2,(H,18,19). The number of morpholine rings is 1. The van der Waals surface area contributed by atoms with Gasteiger partial charge < -0.3 is 30.3 Å². The Balaban J connectivity index is 0.000000212. The van der Waals surface area contributed by atoms with Crippen molar-refractivity contribution in [2.24, 2.45) is 0 Å². The molecule has 1 amide bonds. The topological polar surface area (TPSA) is 94.3 Å². The van der Waals surface area contributed by atoms with Crippen LogP contribution in [0.5, 0.6) is 0 Å². The number of carbonyl (C=O) groups is 1. The van der Waals surface area contributed by atoms with Crippen molar-refractivity contribution in [3.63, 3.8) is 0 Å². The number of carboxylic acid groups (broad SMARTS) is 1. The zero-order valence-electron chi connectivity index (χ0n) is 20.6. The van der Waals surface area contributed by atoms with Gasteiger partial charge >= 0.3 is 18.4 Å². The number of ether oxygens (including phenoxy) is 1. The number of nitrogens with two attached hydrogens (primary N) is 1. The Morgan fingerprint density at radius 3 is 1.84 bits per heavy atom. The van der Waals surface area contributed by atoms with E-state index < -0.39 is 29.6 Å². The largest absolute Gasteiger partial charge is 0.465 e. The highest BCUT2D eigenvalue weighted by molar-refractivity contribution is 5.84. The van der Waals surface area contributed by atoms with Crippen LogP contribution in [0, 0.1) is 0 Å². The monoisotopic (exact) mass is 549 g/mol. The molecule has 0 aromatic heterocycles. The number of hydrogen-bond donors (Lipinski definition) is 3. The first-order valence-corrected chi connectivity index (χ1v) is 11.7. The highest BCUT2D eigenvalue weighted by atomic mass is 19.4. The number of piperazine rings is 1. The highest BCUT2D eigenvalue weighted by Gasteiger charge is 2.33. The van der Waals surface area contributed by atoms with Gasteiger partial charge in [-0.2, -0.15) is 26.3 Å². The van der Waals surface area contributed by atoms with E-state index in [-0.39, 0.29) is 11.4 Å². The molecule has 0 unspecified atom stereocenters. The van der Waals surface area contributed by atoms with Gasteiger partial charge in [-0.05, 0) is 43.4 Å². The molecule has 210 valence electrons. The van der Waals surface area contributed by atoms with E-state index in [0.717, 1.165) is 44.4 Å². The smallest absolute Gasteiger partial charge is 0.416 e. The lowest BCUT2D eigenvalue weighted by atomic mass is 10.1. The van der Waals surface area contributed by atoms with E-state index in [9.17, 15) is 31.1 Å². The summed E-state index contributed by atoms with van der Waals surface area (Å²) >= 11 is 0. The fourth-order valence-corrected chi connectivity index (χ4v) is 4.02. The molecule has 0 bridgehead atoms. The van der Waals surface area contributed by atoms with Crippen LogP contribution in [-0.2, 0) is 17.1 Å². The minimum Gasteiger partial charge on any atom is -0.465 e. The van der Waals surface area contributed by atoms with Gasteiger partial charge in [0.25, 0.3) is 0 Å². The van der Waals surface area contributed by atoms with Crippen molar-refractivity contribution in [2.75, 3.05) is 80.4 Å². The van der Waals surface area contributed by atoms with Gasteiger partial charge in [0.15, 0.2) is 0 Å². The molecule has 0 saturated carbocycles. The van der Waals surface area contributed by atoms with Gasteiger partial charge in [-0.1, -0.05) is 0 Å². The van der Waals surface area contributed by atoms with Gasteiger partial charge in [0.05, 0.1) is 24.3 Å². The van der Waals surface area contributed by atoms with Gasteiger partial charge in [0.2, 0.25) is 0 Å². The van der Waals surface area contributed by atoms with Gasteiger partial charge in [-0.25, -0.2) is 4.79 Å². The lowest BCUT2D eigenvalue weighted by Crippen LogP contribution is -2.44. The maximum Gasteiger partial charge on any atom is 0.416 e. The minimum atomic E-state index is -4.53. The Bertz CT molecular complexity index is 1100. The van der Waals surface area contributed by atoms with Crippen molar-refractivity contribution in [3.05, 3.63) is 47.5 Å². The summed E-state index contributed by atoms with van der Waals surface area (Å²) in [7, 11) is 2.00. The fraction of sp³-hybridized carbons (Fsp3) is 0.458. The van der Waals surface area contributed by atoms with Gasteiger partial charge in [-0.3, -0.25) is 5.32 Å². The molecule has 2 aliphatic heterocycles. The number of nitrogens with zero attached hydrogens (tertiary/aromatic N) is 3. The molecule has 0 atom stereocenters. The Kier molecular flexibility index (Phi) is 9.20. The van der Waals surface area contributed by atoms with Crippen molar-refractivity contribution < 1.29 is 41.0 Å². The van der Waals surface area contributed by atoms with Crippen molar-refractivity contribution in [2.45, 2.75) is 12.4 Å². The second kappa shape index (κ2) is 12.0. The highest BCUT2D eigenvalue weighted by Crippen LogP contribution is 2.35.